The second-order valence-electron chi connectivity index (χ2n) is 3.73. The summed E-state index contributed by atoms with van der Waals surface area (Å²) in [7, 11) is 0. The molecular formula is C10H16N2OS. The highest BCUT2D eigenvalue weighted by atomic mass is 32.1. The number of anilines is 1. The summed E-state index contributed by atoms with van der Waals surface area (Å²) in [5.74, 6) is 0.757. The minimum atomic E-state index is 0.757. The molecule has 0 radical (unpaired) electrons. The van der Waals surface area contributed by atoms with Crippen molar-refractivity contribution < 1.29 is 4.74 Å². The first kappa shape index (κ1) is 9.93. The van der Waals surface area contributed by atoms with Crippen LogP contribution in [-0.2, 0) is 4.74 Å². The molecule has 1 saturated heterocycles. The molecule has 2 heterocycles. The highest BCUT2D eigenvalue weighted by Crippen LogP contribution is 2.18. The third-order valence-corrected chi connectivity index (χ3v) is 3.42. The van der Waals surface area contributed by atoms with Gasteiger partial charge in [-0.25, -0.2) is 4.98 Å². The van der Waals surface area contributed by atoms with Crippen LogP contribution in [0.1, 0.15) is 18.5 Å². The second kappa shape index (κ2) is 4.75. The molecule has 0 aromatic carbocycles. The first-order valence-electron chi connectivity index (χ1n) is 5.08. The van der Waals surface area contributed by atoms with Crippen molar-refractivity contribution in [1.82, 2.24) is 4.98 Å². The monoisotopic (exact) mass is 212 g/mol. The Bertz CT molecular complexity index is 281. The Morgan fingerprint density at radius 2 is 2.36 bits per heavy atom. The van der Waals surface area contributed by atoms with Gasteiger partial charge in [0.25, 0.3) is 0 Å². The smallest absolute Gasteiger partial charge is 0.182 e. The van der Waals surface area contributed by atoms with Crippen LogP contribution in [0, 0.1) is 12.8 Å². The average Bonchev–Trinajstić information content (AvgIpc) is 2.63. The average molecular weight is 212 g/mol. The standard InChI is InChI=1S/C10H16N2OS/c1-8-7-14-10(12-8)11-6-9-2-4-13-5-3-9/h7,9H,2-6H2,1H3,(H,11,12). The predicted molar refractivity (Wildman–Crippen MR) is 58.9 cm³/mol. The number of nitrogens with one attached hydrogen (secondary N) is 1. The fourth-order valence-corrected chi connectivity index (χ4v) is 2.32. The molecule has 0 amide bonds. The highest BCUT2D eigenvalue weighted by Gasteiger charge is 2.13. The zero-order valence-corrected chi connectivity index (χ0v) is 9.27. The topological polar surface area (TPSA) is 34.1 Å². The van der Waals surface area contributed by atoms with Gasteiger partial charge in [0.2, 0.25) is 0 Å². The molecule has 78 valence electrons. The summed E-state index contributed by atoms with van der Waals surface area (Å²) in [6.45, 7) is 4.90. The zero-order chi connectivity index (χ0) is 9.80. The van der Waals surface area contributed by atoms with Gasteiger partial charge in [-0.05, 0) is 25.7 Å². The van der Waals surface area contributed by atoms with Crippen molar-refractivity contribution >= 4 is 16.5 Å². The fourth-order valence-electron chi connectivity index (χ4n) is 1.62. The minimum Gasteiger partial charge on any atom is -0.381 e. The van der Waals surface area contributed by atoms with Crippen molar-refractivity contribution in [1.29, 1.82) is 0 Å². The van der Waals surface area contributed by atoms with Crippen molar-refractivity contribution in [3.05, 3.63) is 11.1 Å². The molecular weight excluding hydrogens is 196 g/mol. The van der Waals surface area contributed by atoms with Crippen molar-refractivity contribution in [3.8, 4) is 0 Å². The Morgan fingerprint density at radius 1 is 1.57 bits per heavy atom. The van der Waals surface area contributed by atoms with E-state index >= 15 is 0 Å². The molecule has 4 heteroatoms. The van der Waals surface area contributed by atoms with Crippen molar-refractivity contribution in [2.75, 3.05) is 25.1 Å². The zero-order valence-electron chi connectivity index (χ0n) is 8.45. The summed E-state index contributed by atoms with van der Waals surface area (Å²) >= 11 is 1.68. The number of rotatable bonds is 3. The van der Waals surface area contributed by atoms with Gasteiger partial charge in [-0.2, -0.15) is 0 Å². The van der Waals surface area contributed by atoms with Crippen LogP contribution in [-0.4, -0.2) is 24.7 Å². The molecule has 1 aliphatic heterocycles. The van der Waals surface area contributed by atoms with Gasteiger partial charge in [0.15, 0.2) is 5.13 Å². The van der Waals surface area contributed by atoms with E-state index in [2.05, 4.69) is 15.7 Å². The Kier molecular flexibility index (Phi) is 3.37. The van der Waals surface area contributed by atoms with Crippen molar-refractivity contribution in [2.45, 2.75) is 19.8 Å². The molecule has 3 nitrogen and oxygen atoms in total. The van der Waals surface area contributed by atoms with E-state index in [4.69, 9.17) is 4.74 Å². The first-order chi connectivity index (χ1) is 6.84. The van der Waals surface area contributed by atoms with Crippen LogP contribution < -0.4 is 5.32 Å². The maximum Gasteiger partial charge on any atom is 0.182 e. The van der Waals surface area contributed by atoms with Gasteiger partial charge in [-0.15, -0.1) is 11.3 Å². The molecule has 1 aliphatic rings. The molecule has 1 aromatic heterocycles. The summed E-state index contributed by atoms with van der Waals surface area (Å²) in [4.78, 5) is 4.37. The van der Waals surface area contributed by atoms with Gasteiger partial charge in [0.1, 0.15) is 0 Å². The Labute approximate surface area is 88.5 Å². The minimum absolute atomic E-state index is 0.757. The molecule has 0 atom stereocenters. The number of nitrogens with zero attached hydrogens (tertiary/aromatic N) is 1. The van der Waals surface area contributed by atoms with Crippen LogP contribution in [0.4, 0.5) is 5.13 Å². The van der Waals surface area contributed by atoms with Crippen molar-refractivity contribution in [2.24, 2.45) is 5.92 Å². The van der Waals surface area contributed by atoms with Gasteiger partial charge >= 0.3 is 0 Å². The molecule has 0 aliphatic carbocycles. The van der Waals surface area contributed by atoms with E-state index in [1.165, 1.54) is 12.8 Å². The van der Waals surface area contributed by atoms with Gasteiger partial charge in [-0.3, -0.25) is 0 Å². The number of hydrogen-bond donors (Lipinski definition) is 1. The normalized spacial score (nSPS) is 18.4. The van der Waals surface area contributed by atoms with Crippen LogP contribution in [0.3, 0.4) is 0 Å². The maximum absolute atomic E-state index is 5.32. The Hall–Kier alpha value is -0.610. The van der Waals surface area contributed by atoms with Gasteiger partial charge in [0.05, 0.1) is 5.69 Å². The maximum atomic E-state index is 5.32. The summed E-state index contributed by atoms with van der Waals surface area (Å²) in [6, 6.07) is 0. The number of thiazole rings is 1. The number of hydrogen-bond acceptors (Lipinski definition) is 4. The molecule has 1 aromatic rings. The molecule has 2 rings (SSSR count). The fraction of sp³-hybridized carbons (Fsp3) is 0.700. The Balaban J connectivity index is 1.76. The molecule has 1 N–H and O–H groups in total. The lowest BCUT2D eigenvalue weighted by molar-refractivity contribution is 0.0699. The van der Waals surface area contributed by atoms with E-state index in [1.807, 2.05) is 6.92 Å². The Morgan fingerprint density at radius 3 is 3.00 bits per heavy atom. The van der Waals surface area contributed by atoms with E-state index in [9.17, 15) is 0 Å². The van der Waals surface area contributed by atoms with Gasteiger partial charge < -0.3 is 10.1 Å². The van der Waals surface area contributed by atoms with E-state index in [0.717, 1.165) is 36.5 Å². The summed E-state index contributed by atoms with van der Waals surface area (Å²) < 4.78 is 5.32. The molecule has 0 unspecified atom stereocenters. The molecule has 0 saturated carbocycles. The summed E-state index contributed by atoms with van der Waals surface area (Å²) in [5.41, 5.74) is 1.10. The summed E-state index contributed by atoms with van der Waals surface area (Å²) in [6.07, 6.45) is 2.36. The number of aryl methyl sites for hydroxylation is 1. The second-order valence-corrected chi connectivity index (χ2v) is 4.59. The SMILES string of the molecule is Cc1csc(NCC2CCOCC2)n1. The van der Waals surface area contributed by atoms with Crippen LogP contribution >= 0.6 is 11.3 Å². The lowest BCUT2D eigenvalue weighted by atomic mass is 10.0. The quantitative estimate of drug-likeness (QED) is 0.834. The predicted octanol–water partition coefficient (Wildman–Crippen LogP) is 2.29. The van der Waals surface area contributed by atoms with Gasteiger partial charge in [0, 0.05) is 25.1 Å². The van der Waals surface area contributed by atoms with Crippen molar-refractivity contribution in [3.63, 3.8) is 0 Å². The van der Waals surface area contributed by atoms with E-state index < -0.39 is 0 Å². The summed E-state index contributed by atoms with van der Waals surface area (Å²) in [5, 5.41) is 6.51. The molecule has 0 bridgehead atoms. The van der Waals surface area contributed by atoms with Crippen LogP contribution in [0.2, 0.25) is 0 Å². The number of ether oxygens (including phenoxy) is 1. The third kappa shape index (κ3) is 2.69. The molecule has 14 heavy (non-hydrogen) atoms. The number of aromatic nitrogens is 1. The molecule has 1 fully saturated rings. The van der Waals surface area contributed by atoms with E-state index in [-0.39, 0.29) is 0 Å². The van der Waals surface area contributed by atoms with Crippen LogP contribution in [0.25, 0.3) is 0 Å². The lowest BCUT2D eigenvalue weighted by Crippen LogP contribution is -2.22. The van der Waals surface area contributed by atoms with Crippen LogP contribution in [0.5, 0.6) is 0 Å². The highest BCUT2D eigenvalue weighted by molar-refractivity contribution is 7.13. The largest absolute Gasteiger partial charge is 0.381 e. The first-order valence-corrected chi connectivity index (χ1v) is 5.96. The van der Waals surface area contributed by atoms with Gasteiger partial charge in [-0.1, -0.05) is 0 Å². The van der Waals surface area contributed by atoms with Crippen LogP contribution in [0.15, 0.2) is 5.38 Å². The van der Waals surface area contributed by atoms with E-state index in [0.29, 0.717) is 0 Å². The molecule has 0 spiro atoms. The third-order valence-electron chi connectivity index (χ3n) is 2.50. The lowest BCUT2D eigenvalue weighted by Gasteiger charge is -2.21. The van der Waals surface area contributed by atoms with E-state index in [1.54, 1.807) is 11.3 Å².